The molecule has 0 radical (unpaired) electrons. The molecule has 5 nitrogen and oxygen atoms in total. The van der Waals surface area contributed by atoms with Crippen LogP contribution >= 0.6 is 0 Å². The van der Waals surface area contributed by atoms with E-state index in [2.05, 4.69) is 41.4 Å². The van der Waals surface area contributed by atoms with E-state index in [4.69, 9.17) is 0 Å². The van der Waals surface area contributed by atoms with Crippen molar-refractivity contribution in [3.8, 4) is 0 Å². The molecule has 0 aromatic heterocycles. The first-order chi connectivity index (χ1) is 14.6. The Morgan fingerprint density at radius 3 is 2.33 bits per heavy atom. The van der Waals surface area contributed by atoms with Crippen molar-refractivity contribution in [1.29, 1.82) is 0 Å². The molecule has 0 unspecified atom stereocenters. The molecule has 0 atom stereocenters. The van der Waals surface area contributed by atoms with Gasteiger partial charge in [-0.3, -0.25) is 14.5 Å². The quantitative estimate of drug-likeness (QED) is 0.695. The largest absolute Gasteiger partial charge is 0.355 e. The molecule has 2 aromatic rings. The van der Waals surface area contributed by atoms with E-state index in [0.717, 1.165) is 32.4 Å². The number of carbonyl (C=O) groups is 2. The first-order valence-corrected chi connectivity index (χ1v) is 11.0. The Bertz CT molecular complexity index is 814. The van der Waals surface area contributed by atoms with Crippen molar-refractivity contribution in [2.24, 2.45) is 0 Å². The van der Waals surface area contributed by atoms with Crippen molar-refractivity contribution in [3.63, 3.8) is 0 Å². The molecular weight excluding hydrogens is 374 g/mol. The van der Waals surface area contributed by atoms with Gasteiger partial charge in [0.1, 0.15) is 0 Å². The van der Waals surface area contributed by atoms with Crippen LogP contribution in [-0.2, 0) is 22.4 Å². The van der Waals surface area contributed by atoms with E-state index in [9.17, 15) is 9.59 Å². The number of carbonyl (C=O) groups excluding carboxylic acids is 2. The Morgan fingerprint density at radius 1 is 0.900 bits per heavy atom. The Morgan fingerprint density at radius 2 is 1.60 bits per heavy atom. The standard InChI is InChI=1S/C25H33N3O2/c1-21-8-5-6-12-23(21)14-15-26-24(29)20-27-16-18-28(19-17-27)25(30)13-7-11-22-9-3-2-4-10-22/h2-6,8-10,12H,7,11,13-20H2,1H3,(H,26,29). The Kier molecular flexibility index (Phi) is 8.45. The number of piperazine rings is 1. The fourth-order valence-electron chi connectivity index (χ4n) is 3.89. The summed E-state index contributed by atoms with van der Waals surface area (Å²) in [4.78, 5) is 28.8. The summed E-state index contributed by atoms with van der Waals surface area (Å²) in [5, 5.41) is 3.02. The predicted molar refractivity (Wildman–Crippen MR) is 120 cm³/mol. The van der Waals surface area contributed by atoms with Gasteiger partial charge in [-0.1, -0.05) is 54.6 Å². The number of hydrogen-bond donors (Lipinski definition) is 1. The maximum Gasteiger partial charge on any atom is 0.234 e. The first kappa shape index (κ1) is 22.0. The third-order valence-corrected chi connectivity index (χ3v) is 5.77. The lowest BCUT2D eigenvalue weighted by atomic mass is 10.1. The van der Waals surface area contributed by atoms with Crippen LogP contribution in [0.2, 0.25) is 0 Å². The minimum atomic E-state index is 0.0613. The van der Waals surface area contributed by atoms with Gasteiger partial charge in [-0.25, -0.2) is 0 Å². The number of benzene rings is 2. The van der Waals surface area contributed by atoms with Crippen molar-refractivity contribution in [2.45, 2.75) is 32.6 Å². The van der Waals surface area contributed by atoms with Gasteiger partial charge >= 0.3 is 0 Å². The fraction of sp³-hybridized carbons (Fsp3) is 0.440. The zero-order valence-corrected chi connectivity index (χ0v) is 18.0. The van der Waals surface area contributed by atoms with Gasteiger partial charge in [0.2, 0.25) is 11.8 Å². The molecule has 5 heteroatoms. The third-order valence-electron chi connectivity index (χ3n) is 5.77. The van der Waals surface area contributed by atoms with Crippen molar-refractivity contribution in [3.05, 3.63) is 71.3 Å². The first-order valence-electron chi connectivity index (χ1n) is 11.0. The van der Waals surface area contributed by atoms with E-state index in [1.807, 2.05) is 35.2 Å². The summed E-state index contributed by atoms with van der Waals surface area (Å²) in [6.45, 7) is 6.10. The van der Waals surface area contributed by atoms with Gasteiger partial charge in [-0.05, 0) is 42.9 Å². The Labute approximate surface area is 180 Å². The number of aryl methyl sites for hydroxylation is 2. The molecule has 1 saturated heterocycles. The smallest absolute Gasteiger partial charge is 0.234 e. The maximum absolute atomic E-state index is 12.4. The molecule has 1 aliphatic heterocycles. The van der Waals surface area contributed by atoms with Gasteiger partial charge in [0, 0.05) is 39.1 Å². The Hall–Kier alpha value is -2.66. The van der Waals surface area contributed by atoms with Gasteiger partial charge in [0.05, 0.1) is 6.54 Å². The molecule has 1 fully saturated rings. The average Bonchev–Trinajstić information content (AvgIpc) is 2.76. The second-order valence-corrected chi connectivity index (χ2v) is 8.02. The van der Waals surface area contributed by atoms with Gasteiger partial charge in [-0.2, -0.15) is 0 Å². The van der Waals surface area contributed by atoms with Crippen molar-refractivity contribution in [1.82, 2.24) is 15.1 Å². The summed E-state index contributed by atoms with van der Waals surface area (Å²) in [5.74, 6) is 0.291. The van der Waals surface area contributed by atoms with E-state index in [-0.39, 0.29) is 11.8 Å². The second kappa shape index (κ2) is 11.5. The van der Waals surface area contributed by atoms with Crippen LogP contribution in [-0.4, -0.2) is 60.9 Å². The minimum Gasteiger partial charge on any atom is -0.355 e. The summed E-state index contributed by atoms with van der Waals surface area (Å²) in [5.41, 5.74) is 3.82. The minimum absolute atomic E-state index is 0.0613. The third kappa shape index (κ3) is 6.99. The zero-order valence-electron chi connectivity index (χ0n) is 18.0. The van der Waals surface area contributed by atoms with Crippen LogP contribution in [0.15, 0.2) is 54.6 Å². The van der Waals surface area contributed by atoms with Crippen LogP contribution in [0.4, 0.5) is 0 Å². The van der Waals surface area contributed by atoms with Crippen molar-refractivity contribution < 1.29 is 9.59 Å². The highest BCUT2D eigenvalue weighted by molar-refractivity contribution is 5.78. The number of amides is 2. The molecule has 0 aliphatic carbocycles. The molecule has 0 bridgehead atoms. The molecule has 0 saturated carbocycles. The van der Waals surface area contributed by atoms with Gasteiger partial charge in [0.25, 0.3) is 0 Å². The number of nitrogens with one attached hydrogen (secondary N) is 1. The number of nitrogens with zero attached hydrogens (tertiary/aromatic N) is 2. The summed E-state index contributed by atoms with van der Waals surface area (Å²) in [6.07, 6.45) is 3.26. The van der Waals surface area contributed by atoms with Gasteiger partial charge in [-0.15, -0.1) is 0 Å². The van der Waals surface area contributed by atoms with E-state index in [1.54, 1.807) is 0 Å². The summed E-state index contributed by atoms with van der Waals surface area (Å²) < 4.78 is 0. The predicted octanol–water partition coefficient (Wildman–Crippen LogP) is 2.82. The highest BCUT2D eigenvalue weighted by Gasteiger charge is 2.22. The number of hydrogen-bond acceptors (Lipinski definition) is 3. The Balaban J connectivity index is 1.29. The topological polar surface area (TPSA) is 52.7 Å². The monoisotopic (exact) mass is 407 g/mol. The maximum atomic E-state index is 12.4. The van der Waals surface area contributed by atoms with E-state index in [1.165, 1.54) is 16.7 Å². The molecule has 1 aliphatic rings. The molecule has 1 heterocycles. The van der Waals surface area contributed by atoms with Crippen LogP contribution in [0.3, 0.4) is 0 Å². The lowest BCUT2D eigenvalue weighted by Gasteiger charge is -2.34. The highest BCUT2D eigenvalue weighted by atomic mass is 16.2. The normalized spacial score (nSPS) is 14.5. The highest BCUT2D eigenvalue weighted by Crippen LogP contribution is 2.09. The van der Waals surface area contributed by atoms with Crippen molar-refractivity contribution in [2.75, 3.05) is 39.3 Å². The van der Waals surface area contributed by atoms with Gasteiger partial charge in [0.15, 0.2) is 0 Å². The molecule has 2 aromatic carbocycles. The second-order valence-electron chi connectivity index (χ2n) is 8.02. The molecule has 1 N–H and O–H groups in total. The van der Waals surface area contributed by atoms with Crippen molar-refractivity contribution >= 4 is 11.8 Å². The number of rotatable bonds is 9. The van der Waals surface area contributed by atoms with E-state index in [0.29, 0.717) is 32.6 Å². The van der Waals surface area contributed by atoms with E-state index >= 15 is 0 Å². The van der Waals surface area contributed by atoms with Crippen LogP contribution in [0.5, 0.6) is 0 Å². The molecule has 2 amide bonds. The van der Waals surface area contributed by atoms with Gasteiger partial charge < -0.3 is 10.2 Å². The average molecular weight is 408 g/mol. The van der Waals surface area contributed by atoms with Crippen LogP contribution in [0, 0.1) is 6.92 Å². The van der Waals surface area contributed by atoms with Crippen LogP contribution in [0.25, 0.3) is 0 Å². The van der Waals surface area contributed by atoms with E-state index < -0.39 is 0 Å². The molecule has 30 heavy (non-hydrogen) atoms. The van der Waals surface area contributed by atoms with Crippen LogP contribution < -0.4 is 5.32 Å². The summed E-state index contributed by atoms with van der Waals surface area (Å²) >= 11 is 0. The lowest BCUT2D eigenvalue weighted by molar-refractivity contribution is -0.133. The molecule has 3 rings (SSSR count). The zero-order chi connectivity index (χ0) is 21.2. The molecular formula is C25H33N3O2. The molecule has 160 valence electrons. The summed E-state index contributed by atoms with van der Waals surface area (Å²) in [6, 6.07) is 18.6. The fourth-order valence-corrected chi connectivity index (χ4v) is 3.89. The molecule has 0 spiro atoms. The lowest BCUT2D eigenvalue weighted by Crippen LogP contribution is -2.51. The SMILES string of the molecule is Cc1ccccc1CCNC(=O)CN1CCN(C(=O)CCCc2ccccc2)CC1. The van der Waals surface area contributed by atoms with Crippen LogP contribution in [0.1, 0.15) is 29.5 Å². The summed E-state index contributed by atoms with van der Waals surface area (Å²) in [7, 11) is 0.